The fraction of sp³-hybridized carbons (Fsp3) is 0.562. The normalized spacial score (nSPS) is 24.5. The average Bonchev–Trinajstić information content (AvgIpc) is 2.84. The van der Waals surface area contributed by atoms with Crippen molar-refractivity contribution in [3.05, 3.63) is 35.4 Å². The number of hydrogen-bond donors (Lipinski definition) is 2. The zero-order valence-electron chi connectivity index (χ0n) is 12.1. The molecule has 3 N–H and O–H groups in total. The van der Waals surface area contributed by atoms with Crippen molar-refractivity contribution in [2.45, 2.75) is 37.3 Å². The molecular weight excluding hydrogens is 250 g/mol. The molecule has 4 nitrogen and oxygen atoms in total. The molecule has 1 heterocycles. The number of carbonyl (C=O) groups excluding carboxylic acids is 1. The number of piperidine rings is 1. The molecule has 2 aliphatic rings. The second-order valence-corrected chi connectivity index (χ2v) is 6.16. The van der Waals surface area contributed by atoms with Gasteiger partial charge in [0.15, 0.2) is 0 Å². The van der Waals surface area contributed by atoms with E-state index < -0.39 is 5.54 Å². The maximum Gasteiger partial charge on any atom is 0.243 e. The highest BCUT2D eigenvalue weighted by molar-refractivity contribution is 5.88. The van der Waals surface area contributed by atoms with Gasteiger partial charge in [-0.15, -0.1) is 0 Å². The summed E-state index contributed by atoms with van der Waals surface area (Å²) in [5, 5.41) is 3.27. The molecule has 108 valence electrons. The van der Waals surface area contributed by atoms with Gasteiger partial charge in [0.25, 0.3) is 0 Å². The number of benzene rings is 1. The monoisotopic (exact) mass is 273 g/mol. The number of nitrogens with zero attached hydrogens (tertiary/aromatic N) is 1. The van der Waals surface area contributed by atoms with Crippen molar-refractivity contribution < 1.29 is 4.79 Å². The summed E-state index contributed by atoms with van der Waals surface area (Å²) >= 11 is 0. The third kappa shape index (κ3) is 2.34. The van der Waals surface area contributed by atoms with E-state index in [2.05, 4.69) is 17.4 Å². The number of nitrogens with two attached hydrogens (primary N) is 1. The molecule has 0 aromatic heterocycles. The molecule has 1 atom stereocenters. The molecule has 20 heavy (non-hydrogen) atoms. The molecule has 1 aliphatic carbocycles. The first-order chi connectivity index (χ1) is 9.62. The van der Waals surface area contributed by atoms with E-state index in [4.69, 9.17) is 5.73 Å². The van der Waals surface area contributed by atoms with Gasteiger partial charge in [-0.3, -0.25) is 4.79 Å². The van der Waals surface area contributed by atoms with Crippen molar-refractivity contribution in [1.82, 2.24) is 10.2 Å². The minimum atomic E-state index is -0.737. The molecule has 0 unspecified atom stereocenters. The summed E-state index contributed by atoms with van der Waals surface area (Å²) in [6, 6.07) is 8.62. The van der Waals surface area contributed by atoms with Crippen molar-refractivity contribution in [1.29, 1.82) is 0 Å². The first-order valence-electron chi connectivity index (χ1n) is 7.45. The number of rotatable bonds is 2. The van der Waals surface area contributed by atoms with E-state index in [1.807, 2.05) is 24.1 Å². The lowest BCUT2D eigenvalue weighted by molar-refractivity contribution is -0.138. The Bertz CT molecular complexity index is 489. The SMILES string of the molecule is CN[C@H]1CCCN(C(=O)C2(N)Cc3ccccc3C2)C1. The smallest absolute Gasteiger partial charge is 0.243 e. The Morgan fingerprint density at radius 2 is 2.00 bits per heavy atom. The van der Waals surface area contributed by atoms with Crippen molar-refractivity contribution in [2.75, 3.05) is 20.1 Å². The minimum Gasteiger partial charge on any atom is -0.340 e. The maximum absolute atomic E-state index is 12.8. The lowest BCUT2D eigenvalue weighted by Crippen LogP contribution is -2.59. The number of amides is 1. The number of fused-ring (bicyclic) bond motifs is 1. The third-order valence-electron chi connectivity index (χ3n) is 4.67. The zero-order valence-corrected chi connectivity index (χ0v) is 12.1. The van der Waals surface area contributed by atoms with Crippen LogP contribution in [-0.2, 0) is 17.6 Å². The summed E-state index contributed by atoms with van der Waals surface area (Å²) < 4.78 is 0. The number of carbonyl (C=O) groups is 1. The van der Waals surface area contributed by atoms with Crippen LogP contribution in [0.4, 0.5) is 0 Å². The lowest BCUT2D eigenvalue weighted by atomic mass is 9.93. The highest BCUT2D eigenvalue weighted by Crippen LogP contribution is 2.30. The van der Waals surface area contributed by atoms with E-state index >= 15 is 0 Å². The van der Waals surface area contributed by atoms with E-state index in [0.717, 1.165) is 25.9 Å². The zero-order chi connectivity index (χ0) is 14.2. The topological polar surface area (TPSA) is 58.4 Å². The summed E-state index contributed by atoms with van der Waals surface area (Å²) in [6.07, 6.45) is 3.53. The van der Waals surface area contributed by atoms with Crippen LogP contribution in [-0.4, -0.2) is 42.5 Å². The molecule has 1 amide bonds. The van der Waals surface area contributed by atoms with Crippen LogP contribution in [0.25, 0.3) is 0 Å². The van der Waals surface area contributed by atoms with Crippen molar-refractivity contribution >= 4 is 5.91 Å². The van der Waals surface area contributed by atoms with E-state index in [1.165, 1.54) is 11.1 Å². The second-order valence-electron chi connectivity index (χ2n) is 6.16. The van der Waals surface area contributed by atoms with Gasteiger partial charge in [0.05, 0.1) is 0 Å². The Kier molecular flexibility index (Phi) is 3.52. The summed E-state index contributed by atoms with van der Waals surface area (Å²) in [5.41, 5.74) is 8.18. The maximum atomic E-state index is 12.8. The highest BCUT2D eigenvalue weighted by Gasteiger charge is 2.43. The Morgan fingerprint density at radius 3 is 2.60 bits per heavy atom. The molecule has 3 rings (SSSR count). The predicted molar refractivity (Wildman–Crippen MR) is 79.4 cm³/mol. The van der Waals surface area contributed by atoms with Crippen LogP contribution in [0.1, 0.15) is 24.0 Å². The molecular formula is C16H23N3O. The molecule has 4 heteroatoms. The van der Waals surface area contributed by atoms with Gasteiger partial charge in [-0.1, -0.05) is 24.3 Å². The molecule has 1 aliphatic heterocycles. The Hall–Kier alpha value is -1.39. The van der Waals surface area contributed by atoms with E-state index in [-0.39, 0.29) is 5.91 Å². The van der Waals surface area contributed by atoms with Gasteiger partial charge in [-0.05, 0) is 43.9 Å². The quantitative estimate of drug-likeness (QED) is 0.833. The van der Waals surface area contributed by atoms with E-state index in [1.54, 1.807) is 0 Å². The lowest BCUT2D eigenvalue weighted by Gasteiger charge is -2.37. The van der Waals surface area contributed by atoms with E-state index in [0.29, 0.717) is 18.9 Å². The first-order valence-corrected chi connectivity index (χ1v) is 7.45. The van der Waals surface area contributed by atoms with Crippen LogP contribution < -0.4 is 11.1 Å². The minimum absolute atomic E-state index is 0.119. The van der Waals surface area contributed by atoms with Crippen molar-refractivity contribution in [3.63, 3.8) is 0 Å². The molecule has 1 fully saturated rings. The number of hydrogen-bond acceptors (Lipinski definition) is 3. The Morgan fingerprint density at radius 1 is 1.35 bits per heavy atom. The van der Waals surface area contributed by atoms with Crippen LogP contribution in [0.2, 0.25) is 0 Å². The number of likely N-dealkylation sites (tertiary alicyclic amines) is 1. The number of nitrogens with one attached hydrogen (secondary N) is 1. The van der Waals surface area contributed by atoms with Gasteiger partial charge in [0.2, 0.25) is 5.91 Å². The van der Waals surface area contributed by atoms with Crippen molar-refractivity contribution in [3.8, 4) is 0 Å². The fourth-order valence-electron chi connectivity index (χ4n) is 3.51. The summed E-state index contributed by atoms with van der Waals surface area (Å²) in [6.45, 7) is 1.62. The van der Waals surface area contributed by atoms with Gasteiger partial charge in [-0.2, -0.15) is 0 Å². The molecule has 0 spiro atoms. The summed E-state index contributed by atoms with van der Waals surface area (Å²) in [7, 11) is 1.96. The van der Waals surface area contributed by atoms with Crippen LogP contribution in [0.15, 0.2) is 24.3 Å². The van der Waals surface area contributed by atoms with Crippen LogP contribution in [0.3, 0.4) is 0 Å². The molecule has 0 bridgehead atoms. The predicted octanol–water partition coefficient (Wildman–Crippen LogP) is 0.693. The van der Waals surface area contributed by atoms with Crippen LogP contribution in [0.5, 0.6) is 0 Å². The van der Waals surface area contributed by atoms with Crippen LogP contribution in [0, 0.1) is 0 Å². The molecule has 1 aromatic carbocycles. The Balaban J connectivity index is 1.75. The Labute approximate surface area is 120 Å². The second kappa shape index (κ2) is 5.19. The molecule has 1 aromatic rings. The van der Waals surface area contributed by atoms with Crippen LogP contribution >= 0.6 is 0 Å². The average molecular weight is 273 g/mol. The first kappa shape index (κ1) is 13.6. The van der Waals surface area contributed by atoms with E-state index in [9.17, 15) is 4.79 Å². The molecule has 0 saturated carbocycles. The molecule has 0 radical (unpaired) electrons. The summed E-state index contributed by atoms with van der Waals surface area (Å²) in [5.74, 6) is 0.119. The highest BCUT2D eigenvalue weighted by atomic mass is 16.2. The van der Waals surface area contributed by atoms with Gasteiger partial charge < -0.3 is 16.0 Å². The van der Waals surface area contributed by atoms with Crippen molar-refractivity contribution in [2.24, 2.45) is 5.73 Å². The van der Waals surface area contributed by atoms with Gasteiger partial charge in [-0.25, -0.2) is 0 Å². The molecule has 1 saturated heterocycles. The van der Waals surface area contributed by atoms with Gasteiger partial charge in [0, 0.05) is 19.1 Å². The van der Waals surface area contributed by atoms with Gasteiger partial charge in [0.1, 0.15) is 5.54 Å². The van der Waals surface area contributed by atoms with Gasteiger partial charge >= 0.3 is 0 Å². The third-order valence-corrected chi connectivity index (χ3v) is 4.67. The standard InChI is InChI=1S/C16H23N3O/c1-18-14-7-4-8-19(11-14)15(20)16(17)9-12-5-2-3-6-13(12)10-16/h2-3,5-6,14,18H,4,7-11,17H2,1H3/t14-/m0/s1. The number of likely N-dealkylation sites (N-methyl/N-ethyl adjacent to an activating group) is 1. The fourth-order valence-corrected chi connectivity index (χ4v) is 3.51. The largest absolute Gasteiger partial charge is 0.340 e. The summed E-state index contributed by atoms with van der Waals surface area (Å²) in [4.78, 5) is 14.8.